The lowest BCUT2D eigenvalue weighted by Crippen LogP contribution is -2.26. The van der Waals surface area contributed by atoms with Gasteiger partial charge in [0.2, 0.25) is 10.0 Å². The minimum absolute atomic E-state index is 0.00285. The number of rotatable bonds is 8. The molecular weight excluding hydrogens is 535 g/mol. The molecule has 0 spiro atoms. The number of carbonyl (C=O) groups is 1. The van der Waals surface area contributed by atoms with Crippen LogP contribution in [0, 0.1) is 0 Å². The van der Waals surface area contributed by atoms with E-state index in [4.69, 9.17) is 37.8 Å². The van der Waals surface area contributed by atoms with Crippen LogP contribution in [0.4, 0.5) is 0 Å². The minimum Gasteiger partial charge on any atom is -0.496 e. The molecule has 7 nitrogen and oxygen atoms in total. The van der Waals surface area contributed by atoms with E-state index in [0.29, 0.717) is 11.3 Å². The van der Waals surface area contributed by atoms with Crippen LogP contribution in [-0.4, -0.2) is 33.4 Å². The van der Waals surface area contributed by atoms with Crippen molar-refractivity contribution in [3.05, 3.63) is 81.3 Å². The van der Waals surface area contributed by atoms with Crippen molar-refractivity contribution in [3.8, 4) is 17.2 Å². The molecule has 0 radical (unpaired) electrons. The highest BCUT2D eigenvalue weighted by atomic mass is 35.5. The average molecular weight is 568 g/mol. The average Bonchev–Trinajstić information content (AvgIpc) is 2.87. The van der Waals surface area contributed by atoms with Gasteiger partial charge in [-0.15, -0.1) is 0 Å². The third kappa shape index (κ3) is 7.61. The number of primary sulfonamides is 1. The highest BCUT2D eigenvalue weighted by molar-refractivity contribution is 7.89. The van der Waals surface area contributed by atoms with Crippen LogP contribution >= 0.6 is 23.2 Å². The van der Waals surface area contributed by atoms with E-state index in [-0.39, 0.29) is 44.6 Å². The van der Waals surface area contributed by atoms with Crippen LogP contribution in [0.15, 0.2) is 59.5 Å². The van der Waals surface area contributed by atoms with Crippen LogP contribution < -0.4 is 14.6 Å². The molecule has 0 saturated carbocycles. The Morgan fingerprint density at radius 2 is 1.65 bits per heavy atom. The summed E-state index contributed by atoms with van der Waals surface area (Å²) < 4.78 is 34.3. The van der Waals surface area contributed by atoms with Gasteiger partial charge in [-0.3, -0.25) is 4.79 Å². The van der Waals surface area contributed by atoms with Crippen LogP contribution in [0.3, 0.4) is 0 Å². The van der Waals surface area contributed by atoms with Crippen LogP contribution in [-0.2, 0) is 16.6 Å². The van der Waals surface area contributed by atoms with Gasteiger partial charge in [0.05, 0.1) is 27.6 Å². The van der Waals surface area contributed by atoms with Gasteiger partial charge in [0.15, 0.2) is 5.75 Å². The van der Waals surface area contributed by atoms with Crippen molar-refractivity contribution in [1.29, 1.82) is 0 Å². The quantitative estimate of drug-likeness (QED) is 0.321. The number of benzene rings is 3. The van der Waals surface area contributed by atoms with Crippen molar-refractivity contribution in [2.45, 2.75) is 45.1 Å². The molecule has 0 aliphatic rings. The number of methoxy groups -OCH3 is 1. The minimum atomic E-state index is -3.79. The van der Waals surface area contributed by atoms with E-state index in [0.717, 1.165) is 11.3 Å². The van der Waals surface area contributed by atoms with Crippen LogP contribution in [0.1, 0.15) is 55.1 Å². The number of carbonyl (C=O) groups excluding carboxylic acids is 1. The maximum atomic E-state index is 13.1. The molecule has 0 heterocycles. The van der Waals surface area contributed by atoms with Crippen molar-refractivity contribution < 1.29 is 22.7 Å². The van der Waals surface area contributed by atoms with E-state index in [9.17, 15) is 13.2 Å². The standard InChI is InChI=1S/C25H26Cl2N2O5S.C2H6/c1-15(2)20-13-17(7-12-22(20)33-4)34-24-21(26)11-10-19(23(24)27)25(30)29(3)14-16-5-8-18(9-6-16)35(28,31)32;1-2/h5-13,15H,14H2,1-4H3,(H2,28,31,32);1-2H3. The summed E-state index contributed by atoms with van der Waals surface area (Å²) in [4.78, 5) is 14.6. The first-order valence-corrected chi connectivity index (χ1v) is 13.9. The first-order valence-electron chi connectivity index (χ1n) is 11.6. The summed E-state index contributed by atoms with van der Waals surface area (Å²) in [5, 5.41) is 5.48. The predicted octanol–water partition coefficient (Wildman–Crippen LogP) is 6.86. The fraction of sp³-hybridized carbons (Fsp3) is 0.296. The summed E-state index contributed by atoms with van der Waals surface area (Å²) in [5.74, 6) is 1.26. The summed E-state index contributed by atoms with van der Waals surface area (Å²) in [5.41, 5.74) is 1.89. The fourth-order valence-electron chi connectivity index (χ4n) is 3.47. The van der Waals surface area contributed by atoms with Gasteiger partial charge >= 0.3 is 0 Å². The van der Waals surface area contributed by atoms with Gasteiger partial charge in [0, 0.05) is 19.2 Å². The van der Waals surface area contributed by atoms with E-state index < -0.39 is 10.0 Å². The fourth-order valence-corrected chi connectivity index (χ4v) is 4.52. The van der Waals surface area contributed by atoms with Gasteiger partial charge in [-0.05, 0) is 53.9 Å². The molecule has 0 atom stereocenters. The molecular formula is C27H32Cl2N2O5S. The van der Waals surface area contributed by atoms with Gasteiger partial charge < -0.3 is 14.4 Å². The summed E-state index contributed by atoms with van der Waals surface area (Å²) in [6, 6.07) is 14.5. The van der Waals surface area contributed by atoms with E-state index in [1.165, 1.54) is 23.1 Å². The molecule has 3 aromatic carbocycles. The maximum Gasteiger partial charge on any atom is 0.255 e. The number of hydrogen-bond acceptors (Lipinski definition) is 5. The molecule has 1 amide bonds. The van der Waals surface area contributed by atoms with Gasteiger partial charge in [0.25, 0.3) is 5.91 Å². The summed E-state index contributed by atoms with van der Waals surface area (Å²) in [6.07, 6.45) is 0. The first kappa shape index (κ1) is 30.4. The summed E-state index contributed by atoms with van der Waals surface area (Å²) in [6.45, 7) is 8.30. The smallest absolute Gasteiger partial charge is 0.255 e. The predicted molar refractivity (Wildman–Crippen MR) is 149 cm³/mol. The molecule has 200 valence electrons. The second kappa shape index (κ2) is 13.1. The Morgan fingerprint density at radius 3 is 2.19 bits per heavy atom. The number of nitrogens with two attached hydrogens (primary N) is 1. The SMILES string of the molecule is CC.COc1ccc(Oc2c(Cl)ccc(C(=O)N(C)Cc3ccc(S(N)(=O)=O)cc3)c2Cl)cc1C(C)C. The molecule has 0 aromatic heterocycles. The lowest BCUT2D eigenvalue weighted by Gasteiger charge is -2.20. The molecule has 0 unspecified atom stereocenters. The number of ether oxygens (including phenoxy) is 2. The first-order chi connectivity index (χ1) is 17.4. The number of sulfonamides is 1. The molecule has 0 saturated heterocycles. The normalized spacial score (nSPS) is 11.0. The Labute approximate surface area is 229 Å². The van der Waals surface area contributed by atoms with E-state index >= 15 is 0 Å². The Bertz CT molecular complexity index is 1340. The van der Waals surface area contributed by atoms with E-state index in [1.54, 1.807) is 44.5 Å². The number of hydrogen-bond donors (Lipinski definition) is 1. The molecule has 3 rings (SSSR count). The Kier molecular flexibility index (Phi) is 10.8. The van der Waals surface area contributed by atoms with E-state index in [2.05, 4.69) is 0 Å². The summed E-state index contributed by atoms with van der Waals surface area (Å²) in [7, 11) is -0.573. The monoisotopic (exact) mass is 566 g/mol. The maximum absolute atomic E-state index is 13.1. The van der Waals surface area contributed by atoms with Crippen molar-refractivity contribution >= 4 is 39.1 Å². The molecule has 37 heavy (non-hydrogen) atoms. The molecule has 0 aliphatic carbocycles. The second-order valence-electron chi connectivity index (χ2n) is 8.25. The van der Waals surface area contributed by atoms with Crippen molar-refractivity contribution in [2.75, 3.05) is 14.2 Å². The Morgan fingerprint density at radius 1 is 1.03 bits per heavy atom. The zero-order chi connectivity index (χ0) is 27.9. The van der Waals surface area contributed by atoms with Crippen LogP contribution in [0.2, 0.25) is 10.0 Å². The molecule has 10 heteroatoms. The highest BCUT2D eigenvalue weighted by Gasteiger charge is 2.22. The molecule has 0 bridgehead atoms. The van der Waals surface area contributed by atoms with Gasteiger partial charge in [-0.25, -0.2) is 13.6 Å². The number of nitrogens with zero attached hydrogens (tertiary/aromatic N) is 1. The van der Waals surface area contributed by atoms with Gasteiger partial charge in [0.1, 0.15) is 11.5 Å². The topological polar surface area (TPSA) is 98.9 Å². The lowest BCUT2D eigenvalue weighted by molar-refractivity contribution is 0.0785. The molecule has 2 N–H and O–H groups in total. The Balaban J connectivity index is 0.00000235. The largest absolute Gasteiger partial charge is 0.496 e. The lowest BCUT2D eigenvalue weighted by atomic mass is 10.0. The van der Waals surface area contributed by atoms with Crippen molar-refractivity contribution in [2.24, 2.45) is 5.14 Å². The Hall–Kier alpha value is -2.78. The number of halogens is 2. The second-order valence-corrected chi connectivity index (χ2v) is 10.6. The van der Waals surface area contributed by atoms with Crippen LogP contribution in [0.5, 0.6) is 17.2 Å². The molecule has 0 fully saturated rings. The van der Waals surface area contributed by atoms with Gasteiger partial charge in [-0.2, -0.15) is 0 Å². The zero-order valence-electron chi connectivity index (χ0n) is 21.7. The molecule has 0 aliphatic heterocycles. The van der Waals surface area contributed by atoms with E-state index in [1.807, 2.05) is 33.8 Å². The van der Waals surface area contributed by atoms with Gasteiger partial charge in [-0.1, -0.05) is 63.0 Å². The highest BCUT2D eigenvalue weighted by Crippen LogP contribution is 2.40. The number of amides is 1. The summed E-state index contributed by atoms with van der Waals surface area (Å²) >= 11 is 12.9. The molecule has 3 aromatic rings. The van der Waals surface area contributed by atoms with Crippen LogP contribution in [0.25, 0.3) is 0 Å². The third-order valence-electron chi connectivity index (χ3n) is 5.34. The third-order valence-corrected chi connectivity index (χ3v) is 6.94. The van der Waals surface area contributed by atoms with Crippen molar-refractivity contribution in [3.63, 3.8) is 0 Å². The van der Waals surface area contributed by atoms with Crippen molar-refractivity contribution in [1.82, 2.24) is 4.90 Å². The zero-order valence-corrected chi connectivity index (χ0v) is 24.0.